The average Bonchev–Trinajstić information content (AvgIpc) is 2.43. The summed E-state index contributed by atoms with van der Waals surface area (Å²) in [5.41, 5.74) is 3.99. The molecule has 1 aromatic rings. The second-order valence-electron chi connectivity index (χ2n) is 4.97. The lowest BCUT2D eigenvalue weighted by atomic mass is 9.96. The van der Waals surface area contributed by atoms with Crippen LogP contribution in [-0.4, -0.2) is 35.9 Å². The highest BCUT2D eigenvalue weighted by molar-refractivity contribution is 5.69. The molecular formula is C15H21NO4. The van der Waals surface area contributed by atoms with Crippen molar-refractivity contribution < 1.29 is 19.5 Å². The Morgan fingerprint density at radius 1 is 1.45 bits per heavy atom. The molecule has 2 rings (SSSR count). The number of aliphatic hydroxyl groups excluding tert-OH is 1. The van der Waals surface area contributed by atoms with E-state index < -0.39 is 6.10 Å². The van der Waals surface area contributed by atoms with E-state index in [0.717, 1.165) is 5.56 Å². The normalized spacial score (nSPS) is 26.2. The molecule has 1 fully saturated rings. The van der Waals surface area contributed by atoms with E-state index in [4.69, 9.17) is 9.57 Å². The van der Waals surface area contributed by atoms with Crippen LogP contribution in [0.25, 0.3) is 0 Å². The van der Waals surface area contributed by atoms with E-state index >= 15 is 0 Å². The van der Waals surface area contributed by atoms with E-state index in [2.05, 4.69) is 5.48 Å². The number of nitrogens with one attached hydrogen (secondary N) is 1. The Labute approximate surface area is 118 Å². The number of hydroxylamine groups is 1. The van der Waals surface area contributed by atoms with Crippen LogP contribution in [0.15, 0.2) is 30.3 Å². The molecule has 1 aliphatic heterocycles. The van der Waals surface area contributed by atoms with Gasteiger partial charge in [-0.05, 0) is 18.9 Å². The maximum Gasteiger partial charge on any atom is 0.308 e. The van der Waals surface area contributed by atoms with Gasteiger partial charge in [0.05, 0.1) is 31.3 Å². The first kappa shape index (κ1) is 15.0. The number of aliphatic hydroxyl groups is 1. The van der Waals surface area contributed by atoms with Crippen LogP contribution in [0.5, 0.6) is 0 Å². The third kappa shape index (κ3) is 4.30. The first-order valence-corrected chi connectivity index (χ1v) is 6.97. The minimum atomic E-state index is -0.539. The molecule has 1 aromatic carbocycles. The van der Waals surface area contributed by atoms with Crippen molar-refractivity contribution in [1.29, 1.82) is 0 Å². The number of ether oxygens (including phenoxy) is 1. The lowest BCUT2D eigenvalue weighted by Crippen LogP contribution is -2.50. The molecule has 0 bridgehead atoms. The number of rotatable bonds is 5. The standard InChI is InChI=1S/C15H21NO4/c1-2-19-15(18)10-12-9-14(17)13(16-20-12)8-11-6-4-3-5-7-11/h3-7,12-14,16-17H,2,8-10H2,1H3/t12-,13+,14+/m0/s1. The summed E-state index contributed by atoms with van der Waals surface area (Å²) in [6.07, 6.45) is 0.410. The molecule has 0 saturated carbocycles. The first-order chi connectivity index (χ1) is 9.69. The molecule has 0 spiro atoms. The molecule has 5 nitrogen and oxygen atoms in total. The van der Waals surface area contributed by atoms with Crippen LogP contribution in [0, 0.1) is 0 Å². The number of benzene rings is 1. The Balaban J connectivity index is 1.82. The predicted molar refractivity (Wildman–Crippen MR) is 73.8 cm³/mol. The molecule has 0 aliphatic carbocycles. The van der Waals surface area contributed by atoms with Gasteiger partial charge in [-0.1, -0.05) is 30.3 Å². The second-order valence-corrected chi connectivity index (χ2v) is 4.97. The van der Waals surface area contributed by atoms with Gasteiger partial charge in [0.25, 0.3) is 0 Å². The SMILES string of the molecule is CCOC(=O)C[C@@H]1C[C@@H](O)[C@@H](Cc2ccccc2)NO1. The second kappa shape index (κ2) is 7.38. The summed E-state index contributed by atoms with van der Waals surface area (Å²) in [7, 11) is 0. The van der Waals surface area contributed by atoms with Crippen molar-refractivity contribution in [3.05, 3.63) is 35.9 Å². The van der Waals surface area contributed by atoms with Crippen molar-refractivity contribution in [3.63, 3.8) is 0 Å². The van der Waals surface area contributed by atoms with Crippen LogP contribution in [0.2, 0.25) is 0 Å². The Kier molecular flexibility index (Phi) is 5.52. The van der Waals surface area contributed by atoms with Gasteiger partial charge in [0.15, 0.2) is 0 Å². The smallest absolute Gasteiger partial charge is 0.308 e. The number of esters is 1. The van der Waals surface area contributed by atoms with Crippen molar-refractivity contribution in [2.24, 2.45) is 0 Å². The lowest BCUT2D eigenvalue weighted by molar-refractivity contribution is -0.158. The highest BCUT2D eigenvalue weighted by atomic mass is 16.7. The Hall–Kier alpha value is -1.43. The zero-order chi connectivity index (χ0) is 14.4. The maximum absolute atomic E-state index is 11.4. The Bertz CT molecular complexity index is 423. The summed E-state index contributed by atoms with van der Waals surface area (Å²) in [6, 6.07) is 9.76. The molecule has 5 heteroatoms. The van der Waals surface area contributed by atoms with Gasteiger partial charge < -0.3 is 9.84 Å². The summed E-state index contributed by atoms with van der Waals surface area (Å²) < 4.78 is 4.87. The van der Waals surface area contributed by atoms with E-state index in [1.807, 2.05) is 30.3 Å². The van der Waals surface area contributed by atoms with Gasteiger partial charge in [0, 0.05) is 6.42 Å². The molecular weight excluding hydrogens is 258 g/mol. The van der Waals surface area contributed by atoms with Gasteiger partial charge in [0.1, 0.15) is 0 Å². The van der Waals surface area contributed by atoms with Crippen molar-refractivity contribution in [2.75, 3.05) is 6.61 Å². The molecule has 110 valence electrons. The van der Waals surface area contributed by atoms with Crippen molar-refractivity contribution in [1.82, 2.24) is 5.48 Å². The minimum absolute atomic E-state index is 0.157. The fourth-order valence-corrected chi connectivity index (χ4v) is 2.32. The summed E-state index contributed by atoms with van der Waals surface area (Å²) in [5, 5.41) is 10.1. The molecule has 1 heterocycles. The molecule has 3 atom stereocenters. The average molecular weight is 279 g/mol. The fraction of sp³-hybridized carbons (Fsp3) is 0.533. The van der Waals surface area contributed by atoms with Crippen LogP contribution >= 0.6 is 0 Å². The number of carbonyl (C=O) groups excluding carboxylic acids is 1. The Morgan fingerprint density at radius 2 is 2.20 bits per heavy atom. The number of carbonyl (C=O) groups is 1. The monoisotopic (exact) mass is 279 g/mol. The summed E-state index contributed by atoms with van der Waals surface area (Å²) in [4.78, 5) is 16.8. The van der Waals surface area contributed by atoms with Crippen LogP contribution < -0.4 is 5.48 Å². The quantitative estimate of drug-likeness (QED) is 0.793. The van der Waals surface area contributed by atoms with E-state index in [9.17, 15) is 9.90 Å². The van der Waals surface area contributed by atoms with E-state index in [1.165, 1.54) is 0 Å². The minimum Gasteiger partial charge on any atom is -0.466 e. The molecule has 0 amide bonds. The van der Waals surface area contributed by atoms with Gasteiger partial charge in [0.2, 0.25) is 0 Å². The fourth-order valence-electron chi connectivity index (χ4n) is 2.32. The largest absolute Gasteiger partial charge is 0.466 e. The third-order valence-corrected chi connectivity index (χ3v) is 3.35. The first-order valence-electron chi connectivity index (χ1n) is 6.97. The van der Waals surface area contributed by atoms with Gasteiger partial charge in [-0.3, -0.25) is 9.63 Å². The molecule has 1 aliphatic rings. The summed E-state index contributed by atoms with van der Waals surface area (Å²) in [5.74, 6) is -0.298. The van der Waals surface area contributed by atoms with Gasteiger partial charge >= 0.3 is 5.97 Å². The highest BCUT2D eigenvalue weighted by Crippen LogP contribution is 2.18. The van der Waals surface area contributed by atoms with Gasteiger partial charge in [-0.15, -0.1) is 0 Å². The topological polar surface area (TPSA) is 67.8 Å². The molecule has 0 aromatic heterocycles. The molecule has 1 saturated heterocycles. The maximum atomic E-state index is 11.4. The summed E-state index contributed by atoms with van der Waals surface area (Å²) >= 11 is 0. The van der Waals surface area contributed by atoms with Crippen LogP contribution in [-0.2, 0) is 20.8 Å². The van der Waals surface area contributed by atoms with Crippen molar-refractivity contribution in [2.45, 2.75) is 44.4 Å². The Morgan fingerprint density at radius 3 is 2.85 bits per heavy atom. The molecule has 0 radical (unpaired) electrons. The van der Waals surface area contributed by atoms with E-state index in [1.54, 1.807) is 6.92 Å². The highest BCUT2D eigenvalue weighted by Gasteiger charge is 2.31. The van der Waals surface area contributed by atoms with Gasteiger partial charge in [-0.2, -0.15) is 5.48 Å². The third-order valence-electron chi connectivity index (χ3n) is 3.35. The van der Waals surface area contributed by atoms with Crippen molar-refractivity contribution >= 4 is 5.97 Å². The van der Waals surface area contributed by atoms with Crippen molar-refractivity contribution in [3.8, 4) is 0 Å². The van der Waals surface area contributed by atoms with E-state index in [-0.39, 0.29) is 24.5 Å². The molecule has 20 heavy (non-hydrogen) atoms. The van der Waals surface area contributed by atoms with Crippen LogP contribution in [0.3, 0.4) is 0 Å². The zero-order valence-corrected chi connectivity index (χ0v) is 11.6. The zero-order valence-electron chi connectivity index (χ0n) is 11.6. The van der Waals surface area contributed by atoms with Crippen LogP contribution in [0.1, 0.15) is 25.3 Å². The number of hydrogen-bond acceptors (Lipinski definition) is 5. The summed E-state index contributed by atoms with van der Waals surface area (Å²) in [6.45, 7) is 2.13. The van der Waals surface area contributed by atoms with E-state index in [0.29, 0.717) is 19.4 Å². The molecule has 2 N–H and O–H groups in total. The predicted octanol–water partition coefficient (Wildman–Crippen LogP) is 1.21. The molecule has 0 unspecified atom stereocenters. The van der Waals surface area contributed by atoms with Gasteiger partial charge in [-0.25, -0.2) is 0 Å². The number of hydrogen-bond donors (Lipinski definition) is 2. The lowest BCUT2D eigenvalue weighted by Gasteiger charge is -2.33. The van der Waals surface area contributed by atoms with Crippen LogP contribution in [0.4, 0.5) is 0 Å².